The lowest BCUT2D eigenvalue weighted by molar-refractivity contribution is 0.668. The molecule has 0 bridgehead atoms. The highest BCUT2D eigenvalue weighted by molar-refractivity contribution is 7.20. The molecule has 0 fully saturated rings. The average Bonchev–Trinajstić information content (AvgIpc) is 3.96. The number of allylic oxidation sites excluding steroid dienone is 5. The molecule has 1 aliphatic carbocycles. The molecule has 6 aromatic carbocycles. The maximum atomic E-state index is 6.56. The summed E-state index contributed by atoms with van der Waals surface area (Å²) >= 11 is 1.81. The quantitative estimate of drug-likeness (QED) is 0.162. The summed E-state index contributed by atoms with van der Waals surface area (Å²) in [6.45, 7) is 2.06. The SMILES string of the molecule is C/C=C\c1c(/C=C/c2ccc3c(c2)oc2cccc(-c4nc(-c5ccc(C6=CCCC=C6)cc5)nc(-c5ccc6oc7ccccc7c6c5)n4)c23)sc2ccccc12. The van der Waals surface area contributed by atoms with Gasteiger partial charge in [0.15, 0.2) is 17.5 Å². The van der Waals surface area contributed by atoms with E-state index in [-0.39, 0.29) is 0 Å². The maximum absolute atomic E-state index is 6.56. The van der Waals surface area contributed by atoms with E-state index in [4.69, 9.17) is 23.8 Å². The van der Waals surface area contributed by atoms with Crippen LogP contribution in [0, 0.1) is 0 Å². The standard InChI is InChI=1S/C52H35N3O2S/c1-2-11-38-39-15-7-9-19-47(39)58-48(38)29-21-32-20-27-40-46(30-32)57-45-18-10-16-41(49(40)45)52-54-50(35-24-22-34(23-25-35)33-12-4-3-5-13-33)53-51(55-52)36-26-28-44-42(31-36)37-14-6-8-17-43(37)56-44/h2,4,6-31H,3,5H2,1H3/b11-2-,29-21+. The van der Waals surface area contributed by atoms with Gasteiger partial charge in [0.1, 0.15) is 22.3 Å². The van der Waals surface area contributed by atoms with Gasteiger partial charge in [0.25, 0.3) is 0 Å². The summed E-state index contributed by atoms with van der Waals surface area (Å²) in [7, 11) is 0. The van der Waals surface area contributed by atoms with Crippen molar-refractivity contribution in [2.24, 2.45) is 0 Å². The molecule has 0 aliphatic heterocycles. The normalized spacial score (nSPS) is 13.4. The minimum Gasteiger partial charge on any atom is -0.456 e. The number of furan rings is 2. The van der Waals surface area contributed by atoms with Crippen molar-refractivity contribution in [3.8, 4) is 34.2 Å². The second-order valence-corrected chi connectivity index (χ2v) is 15.7. The number of hydrogen-bond acceptors (Lipinski definition) is 6. The fourth-order valence-corrected chi connectivity index (χ4v) is 9.21. The monoisotopic (exact) mass is 765 g/mol. The van der Waals surface area contributed by atoms with E-state index in [1.165, 1.54) is 31.7 Å². The summed E-state index contributed by atoms with van der Waals surface area (Å²) in [5.41, 5.74) is 10.7. The Morgan fingerprint density at radius 1 is 0.552 bits per heavy atom. The van der Waals surface area contributed by atoms with E-state index in [1.807, 2.05) is 53.8 Å². The predicted octanol–water partition coefficient (Wildman–Crippen LogP) is 14.8. The number of aromatic nitrogens is 3. The van der Waals surface area contributed by atoms with Crippen LogP contribution in [0.3, 0.4) is 0 Å². The Labute approximate surface area is 338 Å². The zero-order valence-corrected chi connectivity index (χ0v) is 32.5. The largest absolute Gasteiger partial charge is 0.456 e. The van der Waals surface area contributed by atoms with Crippen molar-refractivity contribution in [3.63, 3.8) is 0 Å². The summed E-state index contributed by atoms with van der Waals surface area (Å²) in [6, 6.07) is 43.9. The Balaban J connectivity index is 1.03. The molecule has 0 unspecified atom stereocenters. The Bertz CT molecular complexity index is 3360. The molecule has 276 valence electrons. The van der Waals surface area contributed by atoms with E-state index in [2.05, 4.69) is 134 Å². The highest BCUT2D eigenvalue weighted by Gasteiger charge is 2.19. The molecular weight excluding hydrogens is 731 g/mol. The number of benzene rings is 6. The molecule has 0 radical (unpaired) electrons. The van der Waals surface area contributed by atoms with E-state index < -0.39 is 0 Å². The van der Waals surface area contributed by atoms with Crippen molar-refractivity contribution in [3.05, 3.63) is 173 Å². The van der Waals surface area contributed by atoms with Gasteiger partial charge in [0.2, 0.25) is 0 Å². The van der Waals surface area contributed by atoms with Crippen LogP contribution >= 0.6 is 11.3 Å². The van der Waals surface area contributed by atoms with Gasteiger partial charge in [-0.3, -0.25) is 0 Å². The van der Waals surface area contributed by atoms with Crippen LogP contribution < -0.4 is 0 Å². The molecule has 0 amide bonds. The van der Waals surface area contributed by atoms with Crippen molar-refractivity contribution >= 4 is 89.1 Å². The van der Waals surface area contributed by atoms with E-state index in [1.54, 1.807) is 0 Å². The van der Waals surface area contributed by atoms with Crippen LogP contribution in [0.4, 0.5) is 0 Å². The fraction of sp³-hybridized carbons (Fsp3) is 0.0577. The molecular formula is C52H35N3O2S. The van der Waals surface area contributed by atoms with Crippen molar-refractivity contribution in [1.82, 2.24) is 15.0 Å². The summed E-state index contributed by atoms with van der Waals surface area (Å²) < 4.78 is 14.0. The summed E-state index contributed by atoms with van der Waals surface area (Å²) in [5, 5.41) is 5.33. The summed E-state index contributed by atoms with van der Waals surface area (Å²) in [4.78, 5) is 16.7. The van der Waals surface area contributed by atoms with Crippen LogP contribution in [-0.4, -0.2) is 15.0 Å². The zero-order chi connectivity index (χ0) is 38.6. The second-order valence-electron chi connectivity index (χ2n) is 14.6. The minimum absolute atomic E-state index is 0.581. The van der Waals surface area contributed by atoms with E-state index in [9.17, 15) is 0 Å². The third-order valence-electron chi connectivity index (χ3n) is 10.9. The van der Waals surface area contributed by atoms with Gasteiger partial charge in [-0.1, -0.05) is 115 Å². The number of fused-ring (bicyclic) bond motifs is 7. The predicted molar refractivity (Wildman–Crippen MR) is 243 cm³/mol. The van der Waals surface area contributed by atoms with Crippen LogP contribution in [0.2, 0.25) is 0 Å². The van der Waals surface area contributed by atoms with Crippen molar-refractivity contribution in [2.45, 2.75) is 19.8 Å². The van der Waals surface area contributed by atoms with Gasteiger partial charge in [-0.25, -0.2) is 15.0 Å². The van der Waals surface area contributed by atoms with E-state index >= 15 is 0 Å². The van der Waals surface area contributed by atoms with Gasteiger partial charge in [-0.05, 0) is 96.6 Å². The van der Waals surface area contributed by atoms with E-state index in [0.29, 0.717) is 17.5 Å². The van der Waals surface area contributed by atoms with Gasteiger partial charge in [-0.2, -0.15) is 0 Å². The Hall–Kier alpha value is -7.15. The number of thiophene rings is 1. The van der Waals surface area contributed by atoms with Gasteiger partial charge >= 0.3 is 0 Å². The summed E-state index contributed by atoms with van der Waals surface area (Å²) in [6.07, 6.45) is 17.6. The van der Waals surface area contributed by atoms with Crippen LogP contribution in [-0.2, 0) is 0 Å². The van der Waals surface area contributed by atoms with Gasteiger partial charge in [-0.15, -0.1) is 11.3 Å². The van der Waals surface area contributed by atoms with Crippen LogP contribution in [0.15, 0.2) is 161 Å². The van der Waals surface area contributed by atoms with Crippen LogP contribution in [0.25, 0.3) is 112 Å². The number of nitrogens with zero attached hydrogens (tertiary/aromatic N) is 3. The third-order valence-corrected chi connectivity index (χ3v) is 12.1. The van der Waals surface area contributed by atoms with Crippen molar-refractivity contribution in [1.29, 1.82) is 0 Å². The van der Waals surface area contributed by atoms with Crippen molar-refractivity contribution in [2.75, 3.05) is 0 Å². The fourth-order valence-electron chi connectivity index (χ4n) is 8.11. The van der Waals surface area contributed by atoms with Gasteiger partial charge < -0.3 is 8.83 Å². The molecule has 1 aliphatic rings. The molecule has 0 N–H and O–H groups in total. The molecule has 5 nitrogen and oxygen atoms in total. The van der Waals surface area contributed by atoms with Crippen molar-refractivity contribution < 1.29 is 8.83 Å². The maximum Gasteiger partial charge on any atom is 0.164 e. The molecule has 10 aromatic rings. The Morgan fingerprint density at radius 3 is 2.16 bits per heavy atom. The Morgan fingerprint density at radius 2 is 1.29 bits per heavy atom. The first-order valence-corrected chi connectivity index (χ1v) is 20.4. The number of hydrogen-bond donors (Lipinski definition) is 0. The molecule has 0 saturated heterocycles. The topological polar surface area (TPSA) is 65.0 Å². The first kappa shape index (κ1) is 34.1. The molecule has 4 aromatic heterocycles. The zero-order valence-electron chi connectivity index (χ0n) is 31.6. The number of rotatable bonds is 7. The molecule has 0 saturated carbocycles. The molecule has 58 heavy (non-hydrogen) atoms. The lowest BCUT2D eigenvalue weighted by atomic mass is 9.98. The first-order chi connectivity index (χ1) is 28.7. The van der Waals surface area contributed by atoms with Gasteiger partial charge in [0.05, 0.1) is 0 Å². The molecule has 6 heteroatoms. The third kappa shape index (κ3) is 5.97. The average molecular weight is 766 g/mol. The summed E-state index contributed by atoms with van der Waals surface area (Å²) in [5.74, 6) is 1.77. The Kier molecular flexibility index (Phi) is 8.30. The molecule has 4 heterocycles. The lowest BCUT2D eigenvalue weighted by Crippen LogP contribution is -2.00. The van der Waals surface area contributed by atoms with E-state index in [0.717, 1.165) is 79.0 Å². The number of para-hydroxylation sites is 1. The molecule has 0 spiro atoms. The first-order valence-electron chi connectivity index (χ1n) is 19.6. The minimum atomic E-state index is 0.581. The molecule has 0 atom stereocenters. The highest BCUT2D eigenvalue weighted by atomic mass is 32.1. The highest BCUT2D eigenvalue weighted by Crippen LogP contribution is 2.39. The lowest BCUT2D eigenvalue weighted by Gasteiger charge is -2.11. The second kappa shape index (κ2) is 14.1. The smallest absolute Gasteiger partial charge is 0.164 e. The van der Waals surface area contributed by atoms with Crippen LogP contribution in [0.1, 0.15) is 41.3 Å². The van der Waals surface area contributed by atoms with Crippen LogP contribution in [0.5, 0.6) is 0 Å². The van der Waals surface area contributed by atoms with Gasteiger partial charge in [0, 0.05) is 53.2 Å². The molecule has 11 rings (SSSR count).